The van der Waals surface area contributed by atoms with Gasteiger partial charge in [0, 0.05) is 32.7 Å². The molecule has 3 aromatic carbocycles. The molecule has 2 aliphatic heterocycles. The Morgan fingerprint density at radius 3 is 2.13 bits per heavy atom. The lowest BCUT2D eigenvalue weighted by Crippen LogP contribution is -2.44. The minimum absolute atomic E-state index is 0.109. The number of piperazine rings is 1. The lowest BCUT2D eigenvalue weighted by atomic mass is 9.97. The van der Waals surface area contributed by atoms with Gasteiger partial charge in [-0.2, -0.15) is 0 Å². The summed E-state index contributed by atoms with van der Waals surface area (Å²) in [5, 5.41) is 0. The Labute approximate surface area is 240 Å². The molecule has 0 N–H and O–H groups in total. The third kappa shape index (κ3) is 7.05. The van der Waals surface area contributed by atoms with E-state index in [4.69, 9.17) is 17.0 Å². The zero-order valence-electron chi connectivity index (χ0n) is 22.2. The number of thioether (sulfide) groups is 1. The number of likely N-dealkylation sites (N-methyl/N-ethyl adjacent to an activating group) is 1. The molecule has 0 aliphatic carbocycles. The predicted molar refractivity (Wildman–Crippen MR) is 166 cm³/mol. The maximum Gasteiger partial charge on any atom is 0.270 e. The van der Waals surface area contributed by atoms with Crippen molar-refractivity contribution in [3.8, 4) is 5.75 Å². The van der Waals surface area contributed by atoms with Crippen LogP contribution < -0.4 is 9.64 Å². The van der Waals surface area contributed by atoms with Crippen molar-refractivity contribution in [1.29, 1.82) is 0 Å². The second-order valence-electron chi connectivity index (χ2n) is 9.69. The number of rotatable bonds is 9. The zero-order chi connectivity index (χ0) is 27.0. The summed E-state index contributed by atoms with van der Waals surface area (Å²) in [4.78, 5) is 20.4. The Morgan fingerprint density at radius 1 is 0.897 bits per heavy atom. The quantitative estimate of drug-likeness (QED) is 0.181. The molecular weight excluding hydrogens is 523 g/mol. The summed E-state index contributed by atoms with van der Waals surface area (Å²) in [6.45, 7) is 6.24. The standard InChI is InChI=1S/C32H33N3O2S2/c1-33-20-22-34(23-21-33)19-8-24-37-28-15-13-27(14-16-28)35-31(36)30(39-32(35)38)18-17-29(25-9-4-2-5-10-25)26-11-6-3-7-12-26/h2-7,9-18H,8,19-24H2,1H3/b30-18-. The molecule has 0 unspecified atom stereocenters. The number of hydrogen-bond acceptors (Lipinski definition) is 6. The van der Waals surface area contributed by atoms with Gasteiger partial charge in [-0.15, -0.1) is 0 Å². The number of thiocarbonyl (C=S) groups is 1. The van der Waals surface area contributed by atoms with Crippen molar-refractivity contribution in [1.82, 2.24) is 9.80 Å². The fourth-order valence-electron chi connectivity index (χ4n) is 4.70. The van der Waals surface area contributed by atoms with Crippen molar-refractivity contribution in [3.05, 3.63) is 113 Å². The van der Waals surface area contributed by atoms with Crippen molar-refractivity contribution in [3.63, 3.8) is 0 Å². The smallest absolute Gasteiger partial charge is 0.270 e. The molecule has 2 heterocycles. The van der Waals surface area contributed by atoms with Crippen LogP contribution in [0.5, 0.6) is 5.75 Å². The molecule has 0 aromatic heterocycles. The molecule has 7 heteroatoms. The van der Waals surface area contributed by atoms with E-state index in [-0.39, 0.29) is 5.91 Å². The molecule has 0 spiro atoms. The summed E-state index contributed by atoms with van der Waals surface area (Å²) in [6, 6.07) is 28.0. The number of carbonyl (C=O) groups excluding carboxylic acids is 1. The van der Waals surface area contributed by atoms with Crippen LogP contribution in [0.25, 0.3) is 5.57 Å². The van der Waals surface area contributed by atoms with E-state index in [0.29, 0.717) is 15.8 Å². The van der Waals surface area contributed by atoms with E-state index < -0.39 is 0 Å². The SMILES string of the molecule is CN1CCN(CCCOc2ccc(N3C(=O)/C(=C/C=C(c4ccccc4)c4ccccc4)SC3=S)cc2)CC1. The van der Waals surface area contributed by atoms with Crippen molar-refractivity contribution >= 4 is 45.5 Å². The molecule has 0 radical (unpaired) electrons. The van der Waals surface area contributed by atoms with Gasteiger partial charge in [0.1, 0.15) is 5.75 Å². The van der Waals surface area contributed by atoms with Gasteiger partial charge in [-0.3, -0.25) is 9.69 Å². The Balaban J connectivity index is 1.22. The highest BCUT2D eigenvalue weighted by molar-refractivity contribution is 8.27. The van der Waals surface area contributed by atoms with Gasteiger partial charge in [-0.1, -0.05) is 90.7 Å². The summed E-state index contributed by atoms with van der Waals surface area (Å²) < 4.78 is 6.49. The van der Waals surface area contributed by atoms with E-state index in [2.05, 4.69) is 41.1 Å². The molecule has 0 atom stereocenters. The molecule has 5 nitrogen and oxygen atoms in total. The number of carbonyl (C=O) groups is 1. The molecule has 2 saturated heterocycles. The van der Waals surface area contributed by atoms with Gasteiger partial charge in [0.2, 0.25) is 0 Å². The van der Waals surface area contributed by atoms with Crippen molar-refractivity contribution in [2.75, 3.05) is 51.3 Å². The molecule has 200 valence electrons. The number of ether oxygens (including phenoxy) is 1. The molecule has 5 rings (SSSR count). The summed E-state index contributed by atoms with van der Waals surface area (Å²) in [6.07, 6.45) is 4.88. The molecule has 0 saturated carbocycles. The van der Waals surface area contributed by atoms with Gasteiger partial charge in [-0.05, 0) is 60.5 Å². The maximum absolute atomic E-state index is 13.3. The van der Waals surface area contributed by atoms with E-state index in [9.17, 15) is 4.79 Å². The van der Waals surface area contributed by atoms with E-state index >= 15 is 0 Å². The fourth-order valence-corrected chi connectivity index (χ4v) is 5.94. The third-order valence-electron chi connectivity index (χ3n) is 6.94. The lowest BCUT2D eigenvalue weighted by molar-refractivity contribution is -0.113. The number of nitrogens with zero attached hydrogens (tertiary/aromatic N) is 3. The first-order valence-electron chi connectivity index (χ1n) is 13.3. The highest BCUT2D eigenvalue weighted by Crippen LogP contribution is 2.36. The molecule has 39 heavy (non-hydrogen) atoms. The summed E-state index contributed by atoms with van der Waals surface area (Å²) in [5.41, 5.74) is 3.99. The molecule has 2 fully saturated rings. The number of allylic oxidation sites excluding steroid dienone is 2. The highest BCUT2D eigenvalue weighted by Gasteiger charge is 2.33. The lowest BCUT2D eigenvalue weighted by Gasteiger charge is -2.32. The monoisotopic (exact) mass is 555 g/mol. The second kappa shape index (κ2) is 13.2. The van der Waals surface area contributed by atoms with Gasteiger partial charge < -0.3 is 14.5 Å². The summed E-state index contributed by atoms with van der Waals surface area (Å²) in [5.74, 6) is 0.693. The van der Waals surface area contributed by atoms with E-state index in [1.165, 1.54) is 11.8 Å². The first-order chi connectivity index (χ1) is 19.1. The number of anilines is 1. The van der Waals surface area contributed by atoms with Crippen LogP contribution in [-0.2, 0) is 4.79 Å². The average molecular weight is 556 g/mol. The maximum atomic E-state index is 13.3. The number of hydrogen-bond donors (Lipinski definition) is 0. The van der Waals surface area contributed by atoms with E-state index in [0.717, 1.165) is 67.3 Å². The van der Waals surface area contributed by atoms with E-state index in [1.54, 1.807) is 4.90 Å². The van der Waals surface area contributed by atoms with Crippen LogP contribution in [0.1, 0.15) is 17.5 Å². The predicted octanol–water partition coefficient (Wildman–Crippen LogP) is 6.08. The van der Waals surface area contributed by atoms with Crippen LogP contribution in [0.3, 0.4) is 0 Å². The number of amides is 1. The van der Waals surface area contributed by atoms with Crippen molar-refractivity contribution in [2.24, 2.45) is 0 Å². The molecule has 0 bridgehead atoms. The first-order valence-corrected chi connectivity index (χ1v) is 14.5. The van der Waals surface area contributed by atoms with Crippen LogP contribution in [0.15, 0.2) is 102 Å². The number of benzene rings is 3. The molecule has 1 amide bonds. The normalized spacial score (nSPS) is 17.6. The van der Waals surface area contributed by atoms with Gasteiger partial charge in [0.15, 0.2) is 4.32 Å². The topological polar surface area (TPSA) is 36.0 Å². The Bertz CT molecular complexity index is 1290. The zero-order valence-corrected chi connectivity index (χ0v) is 23.8. The Hall–Kier alpha value is -3.23. The Kier molecular flexibility index (Phi) is 9.27. The summed E-state index contributed by atoms with van der Waals surface area (Å²) in [7, 11) is 2.17. The molecular formula is C32H33N3O2S2. The molecule has 2 aliphatic rings. The van der Waals surface area contributed by atoms with Crippen molar-refractivity contribution in [2.45, 2.75) is 6.42 Å². The minimum Gasteiger partial charge on any atom is -0.494 e. The Morgan fingerprint density at radius 2 is 1.51 bits per heavy atom. The minimum atomic E-state index is -0.109. The van der Waals surface area contributed by atoms with Gasteiger partial charge in [0.25, 0.3) is 5.91 Å². The first kappa shape index (κ1) is 27.3. The van der Waals surface area contributed by atoms with Gasteiger partial charge >= 0.3 is 0 Å². The third-order valence-corrected chi connectivity index (χ3v) is 8.26. The van der Waals surface area contributed by atoms with Crippen molar-refractivity contribution < 1.29 is 9.53 Å². The highest BCUT2D eigenvalue weighted by atomic mass is 32.2. The average Bonchev–Trinajstić information content (AvgIpc) is 3.26. The van der Waals surface area contributed by atoms with Crippen LogP contribution in [0.4, 0.5) is 5.69 Å². The van der Waals surface area contributed by atoms with Gasteiger partial charge in [-0.25, -0.2) is 0 Å². The largest absolute Gasteiger partial charge is 0.494 e. The van der Waals surface area contributed by atoms with Crippen LogP contribution >= 0.6 is 24.0 Å². The molecule has 3 aromatic rings. The van der Waals surface area contributed by atoms with E-state index in [1.807, 2.05) is 72.8 Å². The van der Waals surface area contributed by atoms with Crippen LogP contribution in [0.2, 0.25) is 0 Å². The summed E-state index contributed by atoms with van der Waals surface area (Å²) >= 11 is 6.93. The van der Waals surface area contributed by atoms with Crippen LogP contribution in [-0.4, -0.2) is 66.4 Å². The fraction of sp³-hybridized carbons (Fsp3) is 0.250. The van der Waals surface area contributed by atoms with Crippen LogP contribution in [0, 0.1) is 0 Å². The second-order valence-corrected chi connectivity index (χ2v) is 11.4. The van der Waals surface area contributed by atoms with Gasteiger partial charge in [0.05, 0.1) is 17.2 Å².